The molecule has 11 aromatic carbocycles. The van der Waals surface area contributed by atoms with Gasteiger partial charge in [-0.05, 0) is 102 Å². The lowest BCUT2D eigenvalue weighted by molar-refractivity contribution is 0.660. The lowest BCUT2D eigenvalue weighted by Crippen LogP contribution is -2.33. The Morgan fingerprint density at radius 3 is 1.59 bits per heavy atom. The molecule has 1 spiro atoms. The average molecular weight is 891 g/mol. The molecule has 2 heterocycles. The first-order chi connectivity index (χ1) is 34.5. The number of anilines is 3. The normalized spacial score (nSPS) is 15.5. The molecule has 1 aliphatic heterocycles. The maximum atomic E-state index is 2.63. The first-order valence-electron chi connectivity index (χ1n) is 24.6. The Morgan fingerprint density at radius 2 is 0.786 bits per heavy atom. The average Bonchev–Trinajstić information content (AvgIpc) is 4.01. The molecule has 0 radical (unpaired) electrons. The molecule has 0 N–H and O–H groups in total. The third-order valence-electron chi connectivity index (χ3n) is 16.2. The molecule has 2 nitrogen and oxygen atoms in total. The Bertz CT molecular complexity index is 4180. The van der Waals surface area contributed by atoms with Crippen LogP contribution in [0.25, 0.3) is 82.8 Å². The summed E-state index contributed by atoms with van der Waals surface area (Å²) in [5, 5.41) is 5.04. The van der Waals surface area contributed by atoms with E-state index in [1.165, 1.54) is 122 Å². The van der Waals surface area contributed by atoms with Crippen molar-refractivity contribution in [3.8, 4) is 50.2 Å². The summed E-state index contributed by atoms with van der Waals surface area (Å²) in [4.78, 5) is 2.63. The Hall–Kier alpha value is -8.72. The molecule has 0 saturated heterocycles. The van der Waals surface area contributed by atoms with Gasteiger partial charge in [-0.25, -0.2) is 0 Å². The van der Waals surface area contributed by atoms with Crippen molar-refractivity contribution >= 4 is 49.6 Å². The predicted molar refractivity (Wildman–Crippen MR) is 292 cm³/mol. The van der Waals surface area contributed by atoms with Crippen LogP contribution in [0.3, 0.4) is 0 Å². The van der Waals surface area contributed by atoms with Gasteiger partial charge in [0.25, 0.3) is 0 Å². The third-order valence-corrected chi connectivity index (χ3v) is 16.2. The van der Waals surface area contributed by atoms with E-state index in [1.807, 2.05) is 0 Å². The second kappa shape index (κ2) is 14.4. The minimum Gasteiger partial charge on any atom is -0.309 e. The Morgan fingerprint density at radius 1 is 0.314 bits per heavy atom. The maximum Gasteiger partial charge on any atom is 0.0755 e. The second-order valence-electron chi connectivity index (χ2n) is 19.9. The predicted octanol–water partition coefficient (Wildman–Crippen LogP) is 17.7. The van der Waals surface area contributed by atoms with Gasteiger partial charge in [0.15, 0.2) is 0 Å². The van der Waals surface area contributed by atoms with Crippen molar-refractivity contribution in [3.63, 3.8) is 0 Å². The zero-order chi connectivity index (χ0) is 46.3. The summed E-state index contributed by atoms with van der Waals surface area (Å²) in [6.45, 7) is 4.78. The van der Waals surface area contributed by atoms with Gasteiger partial charge >= 0.3 is 0 Å². The largest absolute Gasteiger partial charge is 0.309 e. The van der Waals surface area contributed by atoms with Crippen LogP contribution in [0, 0.1) is 0 Å². The molecular formula is C68H46N2. The SMILES string of the molecule is CC1(C)c2ccccc2-c2c(N(c3ccccc3-c3ccccc3-c3cccc4ccccc34)c3cccc4c3-c3ccccc3C43c4ccccc4-n4c5ccccc5c5cccc3c54)cccc21. The highest BCUT2D eigenvalue weighted by atomic mass is 15.2. The van der Waals surface area contributed by atoms with E-state index in [0.717, 1.165) is 11.4 Å². The standard InChI is InChI=1S/C68H46N2/c1-67(2)53-32-11-7-28-51(53)64-56(67)35-19-41-62(64)69(59-38-14-9-26-48(59)47-25-6-5-24-46(47)45-30-17-22-43-21-3-4-23-44(43)45)63-42-20-36-57-65(63)52-29-8-12-33-54(52)68(57)55-34-13-16-40-61(55)70-60-39-15-10-27-49(60)50-31-18-37-58(68)66(50)70/h3-42H,1-2H3. The number of benzene rings is 11. The summed E-state index contributed by atoms with van der Waals surface area (Å²) >= 11 is 0. The Labute approximate surface area is 408 Å². The van der Waals surface area contributed by atoms with Gasteiger partial charge in [0.2, 0.25) is 0 Å². The van der Waals surface area contributed by atoms with E-state index >= 15 is 0 Å². The Kier molecular flexibility index (Phi) is 8.08. The summed E-state index contributed by atoms with van der Waals surface area (Å²) < 4.78 is 2.54. The molecule has 0 fully saturated rings. The van der Waals surface area contributed by atoms with Crippen LogP contribution in [0.2, 0.25) is 0 Å². The summed E-state index contributed by atoms with van der Waals surface area (Å²) in [5.41, 5.74) is 24.2. The molecule has 3 aliphatic rings. The first kappa shape index (κ1) is 39.3. The van der Waals surface area contributed by atoms with Gasteiger partial charge in [-0.1, -0.05) is 226 Å². The zero-order valence-corrected chi connectivity index (χ0v) is 39.0. The van der Waals surface area contributed by atoms with Crippen LogP contribution in [-0.4, -0.2) is 4.57 Å². The summed E-state index contributed by atoms with van der Waals surface area (Å²) in [7, 11) is 0. The molecule has 0 saturated carbocycles. The van der Waals surface area contributed by atoms with Crippen molar-refractivity contribution in [1.82, 2.24) is 4.57 Å². The van der Waals surface area contributed by atoms with Crippen molar-refractivity contribution in [2.75, 3.05) is 4.90 Å². The number of nitrogens with zero attached hydrogens (tertiary/aromatic N) is 2. The smallest absolute Gasteiger partial charge is 0.0755 e. The quantitative estimate of drug-likeness (QED) is 0.167. The van der Waals surface area contributed by atoms with Gasteiger partial charge in [0.05, 0.1) is 39.2 Å². The third kappa shape index (κ3) is 5.02. The molecule has 1 aromatic heterocycles. The van der Waals surface area contributed by atoms with Gasteiger partial charge in [0.1, 0.15) is 0 Å². The number of para-hydroxylation sites is 4. The van der Waals surface area contributed by atoms with Crippen LogP contribution in [0.4, 0.5) is 17.1 Å². The van der Waals surface area contributed by atoms with Crippen LogP contribution < -0.4 is 4.90 Å². The van der Waals surface area contributed by atoms with Crippen LogP contribution in [0.15, 0.2) is 243 Å². The molecule has 2 aliphatic carbocycles. The van der Waals surface area contributed by atoms with Crippen LogP contribution in [0.5, 0.6) is 0 Å². The van der Waals surface area contributed by atoms with E-state index in [4.69, 9.17) is 0 Å². The van der Waals surface area contributed by atoms with Crippen LogP contribution >= 0.6 is 0 Å². The molecule has 328 valence electrons. The number of aromatic nitrogens is 1. The van der Waals surface area contributed by atoms with Gasteiger partial charge in [-0.15, -0.1) is 0 Å². The van der Waals surface area contributed by atoms with E-state index in [0.29, 0.717) is 0 Å². The fourth-order valence-corrected chi connectivity index (χ4v) is 13.4. The minimum absolute atomic E-state index is 0.188. The van der Waals surface area contributed by atoms with E-state index in [2.05, 4.69) is 266 Å². The molecule has 0 bridgehead atoms. The highest BCUT2D eigenvalue weighted by molar-refractivity contribution is 6.14. The van der Waals surface area contributed by atoms with Crippen molar-refractivity contribution in [2.24, 2.45) is 0 Å². The van der Waals surface area contributed by atoms with Gasteiger partial charge in [-0.3, -0.25) is 0 Å². The van der Waals surface area contributed by atoms with E-state index < -0.39 is 5.41 Å². The highest BCUT2D eigenvalue weighted by Gasteiger charge is 2.52. The number of rotatable bonds is 5. The summed E-state index contributed by atoms with van der Waals surface area (Å²) in [5.74, 6) is 0. The fourth-order valence-electron chi connectivity index (χ4n) is 13.4. The molecule has 0 amide bonds. The number of hydrogen-bond donors (Lipinski definition) is 0. The maximum absolute atomic E-state index is 2.63. The molecule has 1 unspecified atom stereocenters. The first-order valence-corrected chi connectivity index (χ1v) is 24.6. The zero-order valence-electron chi connectivity index (χ0n) is 39.0. The molecule has 12 aromatic rings. The van der Waals surface area contributed by atoms with E-state index in [-0.39, 0.29) is 5.41 Å². The minimum atomic E-state index is -0.595. The van der Waals surface area contributed by atoms with E-state index in [9.17, 15) is 0 Å². The monoisotopic (exact) mass is 890 g/mol. The van der Waals surface area contributed by atoms with Crippen molar-refractivity contribution < 1.29 is 0 Å². The second-order valence-corrected chi connectivity index (χ2v) is 19.9. The topological polar surface area (TPSA) is 8.17 Å². The van der Waals surface area contributed by atoms with Gasteiger partial charge in [0, 0.05) is 32.9 Å². The van der Waals surface area contributed by atoms with E-state index in [1.54, 1.807) is 0 Å². The van der Waals surface area contributed by atoms with Crippen molar-refractivity contribution in [2.45, 2.75) is 24.7 Å². The lowest BCUT2D eigenvalue weighted by Gasteiger charge is -2.40. The van der Waals surface area contributed by atoms with Crippen LogP contribution in [-0.2, 0) is 10.8 Å². The molecule has 15 rings (SSSR count). The van der Waals surface area contributed by atoms with Crippen molar-refractivity contribution in [1.29, 1.82) is 0 Å². The summed E-state index contributed by atoms with van der Waals surface area (Å²) in [6.07, 6.45) is 0. The highest BCUT2D eigenvalue weighted by Crippen LogP contribution is 2.64. The number of hydrogen-bond acceptors (Lipinski definition) is 1. The molecular weight excluding hydrogens is 845 g/mol. The molecule has 1 atom stereocenters. The molecule has 70 heavy (non-hydrogen) atoms. The Balaban J connectivity index is 1.07. The van der Waals surface area contributed by atoms with Crippen LogP contribution in [0.1, 0.15) is 47.2 Å². The van der Waals surface area contributed by atoms with Crippen molar-refractivity contribution in [3.05, 3.63) is 276 Å². The summed E-state index contributed by atoms with van der Waals surface area (Å²) in [6, 6.07) is 91.3. The van der Waals surface area contributed by atoms with Gasteiger partial charge in [-0.2, -0.15) is 0 Å². The molecule has 2 heteroatoms. The number of fused-ring (bicyclic) bond motifs is 16. The lowest BCUT2D eigenvalue weighted by atomic mass is 9.65. The fraction of sp³-hybridized carbons (Fsp3) is 0.0588. The van der Waals surface area contributed by atoms with Gasteiger partial charge < -0.3 is 9.47 Å².